The predicted molar refractivity (Wildman–Crippen MR) is 120 cm³/mol. The molecule has 1 aliphatic carbocycles. The van der Waals surface area contributed by atoms with Gasteiger partial charge in [0.2, 0.25) is 0 Å². The maximum atomic E-state index is 5.97. The monoisotopic (exact) mass is 494 g/mol. The number of ether oxygens (including phenoxy) is 1. The number of pyridine rings is 1. The summed E-state index contributed by atoms with van der Waals surface area (Å²) < 4.78 is 5.97. The normalized spacial score (nSPS) is 16.2. The average molecular weight is 495 g/mol. The molecule has 2 rings (SSSR count). The molecule has 1 unspecified atom stereocenters. The fraction of sp³-hybridized carbons (Fsp3) is 0.684. The zero-order chi connectivity index (χ0) is 17.9. The minimum atomic E-state index is 0. The first-order valence-electron chi connectivity index (χ1n) is 9.39. The maximum absolute atomic E-state index is 5.97. The van der Waals surface area contributed by atoms with Crippen LogP contribution in [0.25, 0.3) is 0 Å². The van der Waals surface area contributed by atoms with Crippen molar-refractivity contribution >= 4 is 41.5 Å². The Kier molecular flexibility index (Phi) is 12.2. The van der Waals surface area contributed by atoms with Crippen LogP contribution in [0.2, 0.25) is 5.15 Å². The molecule has 0 radical (unpaired) electrons. The summed E-state index contributed by atoms with van der Waals surface area (Å²) in [7, 11) is 1.80. The zero-order valence-electron chi connectivity index (χ0n) is 15.8. The lowest BCUT2D eigenvalue weighted by Crippen LogP contribution is -2.40. The van der Waals surface area contributed by atoms with E-state index >= 15 is 0 Å². The number of halogens is 2. The van der Waals surface area contributed by atoms with Gasteiger partial charge in [-0.3, -0.25) is 4.99 Å². The smallest absolute Gasteiger partial charge is 0.190 e. The highest BCUT2D eigenvalue weighted by atomic mass is 127. The molecule has 7 heteroatoms. The molecule has 0 bridgehead atoms. The second-order valence-corrected chi connectivity index (χ2v) is 6.88. The quantitative estimate of drug-likeness (QED) is 0.235. The van der Waals surface area contributed by atoms with Crippen molar-refractivity contribution in [3.8, 4) is 0 Å². The van der Waals surface area contributed by atoms with E-state index in [0.717, 1.165) is 50.0 Å². The Hall–Kier alpha value is -0.600. The van der Waals surface area contributed by atoms with Crippen LogP contribution in [-0.2, 0) is 11.2 Å². The van der Waals surface area contributed by atoms with Crippen LogP contribution in [0.15, 0.2) is 23.3 Å². The molecule has 5 nitrogen and oxygen atoms in total. The Balaban J connectivity index is 0.00000338. The first-order chi connectivity index (χ1) is 12.2. The van der Waals surface area contributed by atoms with Crippen molar-refractivity contribution in [3.05, 3.63) is 29.0 Å². The van der Waals surface area contributed by atoms with E-state index in [4.69, 9.17) is 16.3 Å². The van der Waals surface area contributed by atoms with Gasteiger partial charge in [-0.25, -0.2) is 4.98 Å². The number of nitrogens with one attached hydrogen (secondary N) is 2. The Morgan fingerprint density at radius 3 is 2.65 bits per heavy atom. The summed E-state index contributed by atoms with van der Waals surface area (Å²) in [6.07, 6.45) is 9.43. The number of aliphatic imine (C=N–C) groups is 1. The summed E-state index contributed by atoms with van der Waals surface area (Å²) in [5.41, 5.74) is 1.16. The number of rotatable bonds is 9. The Morgan fingerprint density at radius 2 is 2.04 bits per heavy atom. The maximum Gasteiger partial charge on any atom is 0.190 e. The van der Waals surface area contributed by atoms with Crippen molar-refractivity contribution in [1.29, 1.82) is 0 Å². The highest BCUT2D eigenvalue weighted by Crippen LogP contribution is 2.30. The van der Waals surface area contributed by atoms with Crippen LogP contribution in [0, 0.1) is 5.92 Å². The van der Waals surface area contributed by atoms with Crippen LogP contribution in [0.3, 0.4) is 0 Å². The van der Waals surface area contributed by atoms with E-state index in [1.807, 2.05) is 18.3 Å². The number of hydrogen-bond donors (Lipinski definition) is 2. The fourth-order valence-electron chi connectivity index (χ4n) is 3.43. The average Bonchev–Trinajstić information content (AvgIpc) is 3.15. The standard InChI is InChI=1S/C19H31ClN4O.HI/c1-3-25-17(16-6-4-5-7-16)11-13-23-19(21-2)22-12-10-15-8-9-18(20)24-14-15;/h8-9,14,16-17H,3-7,10-13H2,1-2H3,(H2,21,22,23);1H. The molecule has 26 heavy (non-hydrogen) atoms. The van der Waals surface area contributed by atoms with Crippen molar-refractivity contribution in [2.24, 2.45) is 10.9 Å². The summed E-state index contributed by atoms with van der Waals surface area (Å²) in [5.74, 6) is 1.57. The largest absolute Gasteiger partial charge is 0.378 e. The molecule has 1 heterocycles. The minimum Gasteiger partial charge on any atom is -0.378 e. The molecule has 0 saturated heterocycles. The van der Waals surface area contributed by atoms with Gasteiger partial charge < -0.3 is 15.4 Å². The highest BCUT2D eigenvalue weighted by molar-refractivity contribution is 14.0. The first kappa shape index (κ1) is 23.4. The summed E-state index contributed by atoms with van der Waals surface area (Å²) in [5, 5.41) is 7.27. The van der Waals surface area contributed by atoms with E-state index in [-0.39, 0.29) is 24.0 Å². The summed E-state index contributed by atoms with van der Waals surface area (Å²) in [6, 6.07) is 3.82. The van der Waals surface area contributed by atoms with Gasteiger partial charge in [0.15, 0.2) is 5.96 Å². The van der Waals surface area contributed by atoms with E-state index < -0.39 is 0 Å². The summed E-state index contributed by atoms with van der Waals surface area (Å²) >= 11 is 5.80. The number of hydrogen-bond acceptors (Lipinski definition) is 3. The van der Waals surface area contributed by atoms with Crippen LogP contribution in [0.1, 0.15) is 44.6 Å². The summed E-state index contributed by atoms with van der Waals surface area (Å²) in [4.78, 5) is 8.39. The molecule has 1 fully saturated rings. The number of aromatic nitrogens is 1. The molecule has 2 N–H and O–H groups in total. The van der Waals surface area contributed by atoms with Crippen LogP contribution >= 0.6 is 35.6 Å². The molecule has 0 aromatic carbocycles. The van der Waals surface area contributed by atoms with Gasteiger partial charge in [0, 0.05) is 32.9 Å². The van der Waals surface area contributed by atoms with Gasteiger partial charge in [-0.2, -0.15) is 0 Å². The minimum absolute atomic E-state index is 0. The van der Waals surface area contributed by atoms with Gasteiger partial charge in [0.1, 0.15) is 5.15 Å². The molecule has 0 aliphatic heterocycles. The molecule has 1 aromatic heterocycles. The van der Waals surface area contributed by atoms with E-state index in [1.165, 1.54) is 25.7 Å². The van der Waals surface area contributed by atoms with Crippen molar-refractivity contribution in [2.75, 3.05) is 26.7 Å². The second kappa shape index (κ2) is 13.6. The van der Waals surface area contributed by atoms with Gasteiger partial charge in [-0.05, 0) is 50.2 Å². The topological polar surface area (TPSA) is 58.5 Å². The molecule has 148 valence electrons. The van der Waals surface area contributed by atoms with E-state index in [9.17, 15) is 0 Å². The third-order valence-electron chi connectivity index (χ3n) is 4.75. The SMILES string of the molecule is CCOC(CCNC(=NC)NCCc1ccc(Cl)nc1)C1CCCC1.I. The summed E-state index contributed by atoms with van der Waals surface area (Å²) in [6.45, 7) is 4.56. The van der Waals surface area contributed by atoms with Crippen LogP contribution in [0.5, 0.6) is 0 Å². The van der Waals surface area contributed by atoms with Crippen LogP contribution in [-0.4, -0.2) is 43.8 Å². The van der Waals surface area contributed by atoms with Gasteiger partial charge in [-0.15, -0.1) is 24.0 Å². The van der Waals surface area contributed by atoms with Gasteiger partial charge in [0.25, 0.3) is 0 Å². The molecular formula is C19H32ClIN4O. The highest BCUT2D eigenvalue weighted by Gasteiger charge is 2.24. The van der Waals surface area contributed by atoms with Crippen molar-refractivity contribution in [1.82, 2.24) is 15.6 Å². The molecule has 1 saturated carbocycles. The van der Waals surface area contributed by atoms with E-state index in [0.29, 0.717) is 11.3 Å². The number of nitrogens with zero attached hydrogens (tertiary/aromatic N) is 2. The lowest BCUT2D eigenvalue weighted by molar-refractivity contribution is 0.0169. The van der Waals surface area contributed by atoms with Crippen molar-refractivity contribution in [3.63, 3.8) is 0 Å². The molecule has 1 aromatic rings. The first-order valence-corrected chi connectivity index (χ1v) is 9.77. The molecule has 0 spiro atoms. The predicted octanol–water partition coefficient (Wildman–Crippen LogP) is 4.05. The van der Waals surface area contributed by atoms with Gasteiger partial charge in [-0.1, -0.05) is 30.5 Å². The van der Waals surface area contributed by atoms with Crippen molar-refractivity contribution < 1.29 is 4.74 Å². The third kappa shape index (κ3) is 8.39. The van der Waals surface area contributed by atoms with Gasteiger partial charge in [0.05, 0.1) is 6.10 Å². The molecule has 1 aliphatic rings. The Labute approximate surface area is 179 Å². The van der Waals surface area contributed by atoms with Gasteiger partial charge >= 0.3 is 0 Å². The van der Waals surface area contributed by atoms with Crippen LogP contribution in [0.4, 0.5) is 0 Å². The lowest BCUT2D eigenvalue weighted by Gasteiger charge is -2.24. The third-order valence-corrected chi connectivity index (χ3v) is 4.97. The lowest BCUT2D eigenvalue weighted by atomic mass is 9.98. The second-order valence-electron chi connectivity index (χ2n) is 6.49. The molecule has 0 amide bonds. The molecule has 1 atom stereocenters. The van der Waals surface area contributed by atoms with E-state index in [2.05, 4.69) is 27.5 Å². The van der Waals surface area contributed by atoms with E-state index in [1.54, 1.807) is 7.05 Å². The zero-order valence-corrected chi connectivity index (χ0v) is 18.9. The van der Waals surface area contributed by atoms with Crippen molar-refractivity contribution in [2.45, 2.75) is 51.6 Å². The molecular weight excluding hydrogens is 463 g/mol. The Morgan fingerprint density at radius 1 is 1.31 bits per heavy atom. The van der Waals surface area contributed by atoms with Crippen LogP contribution < -0.4 is 10.6 Å². The fourth-order valence-corrected chi connectivity index (χ4v) is 3.54. The number of guanidine groups is 1. The Bertz CT molecular complexity index is 521.